The molecule has 3 heterocycles. The number of carbonyl (C=O) groups is 1. The molecule has 1 fully saturated rings. The number of hydrogen-bond donors (Lipinski definition) is 3. The van der Waals surface area contributed by atoms with Gasteiger partial charge in [-0.3, -0.25) is 4.98 Å². The molecule has 260 valence electrons. The Balaban J connectivity index is 1.12. The van der Waals surface area contributed by atoms with Crippen LogP contribution in [0.1, 0.15) is 77.6 Å². The number of hydrazine groups is 1. The summed E-state index contributed by atoms with van der Waals surface area (Å²) in [6, 6.07) is 26.5. The van der Waals surface area contributed by atoms with E-state index in [1.807, 2.05) is 63.2 Å². The highest BCUT2D eigenvalue weighted by molar-refractivity contribution is 5.68. The zero-order valence-electron chi connectivity index (χ0n) is 29.5. The van der Waals surface area contributed by atoms with E-state index in [4.69, 9.17) is 9.47 Å². The molecule has 0 aliphatic carbocycles. The highest BCUT2D eigenvalue weighted by atomic mass is 16.6. The van der Waals surface area contributed by atoms with E-state index < -0.39 is 11.8 Å². The monoisotopic (exact) mass is 666 g/mol. The van der Waals surface area contributed by atoms with Crippen molar-refractivity contribution >= 4 is 11.9 Å². The summed E-state index contributed by atoms with van der Waals surface area (Å²) in [5, 5.41) is 19.3. The van der Waals surface area contributed by atoms with Crippen molar-refractivity contribution in [2.75, 3.05) is 18.5 Å². The zero-order chi connectivity index (χ0) is 35.0. The molecule has 1 amide bonds. The number of hydrogen-bond acceptors (Lipinski definition) is 9. The molecule has 2 aromatic heterocycles. The number of carbonyl (C=O) groups excluding carboxylic acids is 1. The molecule has 0 spiro atoms. The van der Waals surface area contributed by atoms with Crippen LogP contribution in [0.5, 0.6) is 5.75 Å². The second kappa shape index (κ2) is 15.8. The number of nitrogens with one attached hydrogen (secondary N) is 2. The van der Waals surface area contributed by atoms with Crippen LogP contribution in [-0.2, 0) is 16.8 Å². The van der Waals surface area contributed by atoms with E-state index in [2.05, 4.69) is 83.2 Å². The molecule has 10 heteroatoms. The van der Waals surface area contributed by atoms with Crippen molar-refractivity contribution in [3.8, 4) is 17.0 Å². The molecule has 3 N–H and O–H groups in total. The number of pyridine rings is 1. The maximum absolute atomic E-state index is 12.3. The molecule has 2 unspecified atom stereocenters. The first-order chi connectivity index (χ1) is 23.4. The first-order valence-electron chi connectivity index (χ1n) is 17.2. The van der Waals surface area contributed by atoms with Crippen LogP contribution < -0.4 is 15.6 Å². The highest BCUT2D eigenvalue weighted by Gasteiger charge is 2.33. The number of likely N-dealkylation sites (tertiary alicyclic amines) is 1. The minimum absolute atomic E-state index is 0.209. The van der Waals surface area contributed by atoms with Crippen LogP contribution in [0.4, 0.5) is 10.6 Å². The van der Waals surface area contributed by atoms with Crippen molar-refractivity contribution in [1.29, 1.82) is 0 Å². The van der Waals surface area contributed by atoms with E-state index in [0.717, 1.165) is 35.5 Å². The maximum atomic E-state index is 12.3. The SMILES string of the molecule is CC(C)C(C)(c1ccc(OCc2ccccn2)cc1)c1ccc(-c2ccc(NNC(O)CC3CCN(C(=O)OC(C)(C)C)CC3)nn2)cc1. The number of piperidine rings is 1. The minimum Gasteiger partial charge on any atom is -0.487 e. The van der Waals surface area contributed by atoms with Gasteiger partial charge in [0.05, 0.1) is 11.4 Å². The van der Waals surface area contributed by atoms with Gasteiger partial charge in [-0.15, -0.1) is 10.2 Å². The first kappa shape index (κ1) is 35.8. The van der Waals surface area contributed by atoms with E-state index in [-0.39, 0.29) is 11.5 Å². The van der Waals surface area contributed by atoms with E-state index in [0.29, 0.717) is 43.8 Å². The normalized spacial score (nSPS) is 15.8. The Morgan fingerprint density at radius 1 is 0.918 bits per heavy atom. The van der Waals surface area contributed by atoms with Gasteiger partial charge in [-0.25, -0.2) is 10.2 Å². The fraction of sp³-hybridized carbons (Fsp3) is 0.436. The van der Waals surface area contributed by atoms with Gasteiger partial charge in [0.15, 0.2) is 5.82 Å². The molecular weight excluding hydrogens is 616 g/mol. The van der Waals surface area contributed by atoms with E-state index in [1.54, 1.807) is 11.1 Å². The second-order valence-electron chi connectivity index (χ2n) is 14.3. The molecule has 10 nitrogen and oxygen atoms in total. The second-order valence-corrected chi connectivity index (χ2v) is 14.3. The van der Waals surface area contributed by atoms with Crippen LogP contribution in [0, 0.1) is 11.8 Å². The zero-order valence-corrected chi connectivity index (χ0v) is 29.5. The van der Waals surface area contributed by atoms with Gasteiger partial charge < -0.3 is 24.9 Å². The van der Waals surface area contributed by atoms with Crippen molar-refractivity contribution in [3.63, 3.8) is 0 Å². The number of aliphatic hydroxyl groups is 1. The van der Waals surface area contributed by atoms with Gasteiger partial charge in [0.25, 0.3) is 0 Å². The average molecular weight is 667 g/mol. The fourth-order valence-electron chi connectivity index (χ4n) is 6.12. The number of ether oxygens (including phenoxy) is 2. The number of benzene rings is 2. The van der Waals surface area contributed by atoms with Crippen molar-refractivity contribution in [3.05, 3.63) is 102 Å². The summed E-state index contributed by atoms with van der Waals surface area (Å²) in [6.07, 6.45) is 2.93. The number of aliphatic hydroxyl groups excluding tert-OH is 1. The van der Waals surface area contributed by atoms with Crippen molar-refractivity contribution < 1.29 is 19.4 Å². The quantitative estimate of drug-likeness (QED) is 0.105. The maximum Gasteiger partial charge on any atom is 0.410 e. The standard InChI is InChI=1S/C39H50N6O4/c1-27(2)39(6,31-14-16-33(17-15-31)48-26-32-9-7-8-22-40-32)30-12-10-29(11-13-30)34-18-19-35(42-41-34)43-44-36(46)25-28-20-23-45(24-21-28)37(47)49-38(3,4)5/h7-19,22,27-28,36,44,46H,20-21,23-26H2,1-6H3,(H,42,43). The molecular formula is C39H50N6O4. The van der Waals surface area contributed by atoms with Gasteiger partial charge in [0.2, 0.25) is 0 Å². The molecule has 1 aliphatic heterocycles. The lowest BCUT2D eigenvalue weighted by Crippen LogP contribution is -2.43. The molecule has 0 radical (unpaired) electrons. The molecule has 1 saturated heterocycles. The number of nitrogens with zero attached hydrogens (tertiary/aromatic N) is 4. The third kappa shape index (κ3) is 9.55. The third-order valence-corrected chi connectivity index (χ3v) is 9.36. The van der Waals surface area contributed by atoms with E-state index >= 15 is 0 Å². The Kier molecular flexibility index (Phi) is 11.5. The predicted molar refractivity (Wildman–Crippen MR) is 192 cm³/mol. The van der Waals surface area contributed by atoms with Crippen molar-refractivity contribution in [2.45, 2.75) is 84.7 Å². The molecule has 2 atom stereocenters. The highest BCUT2D eigenvalue weighted by Crippen LogP contribution is 2.40. The van der Waals surface area contributed by atoms with Crippen LogP contribution in [0.2, 0.25) is 0 Å². The van der Waals surface area contributed by atoms with Crippen molar-refractivity contribution in [1.82, 2.24) is 25.5 Å². The lowest BCUT2D eigenvalue weighted by molar-refractivity contribution is 0.0154. The van der Waals surface area contributed by atoms with Gasteiger partial charge >= 0.3 is 6.09 Å². The Labute approximate surface area is 290 Å². The topological polar surface area (TPSA) is 122 Å². The molecule has 4 aromatic rings. The summed E-state index contributed by atoms with van der Waals surface area (Å²) in [4.78, 5) is 18.4. The summed E-state index contributed by atoms with van der Waals surface area (Å²) in [5.41, 5.74) is 10.2. The summed E-state index contributed by atoms with van der Waals surface area (Å²) in [5.74, 6) is 1.97. The number of anilines is 1. The van der Waals surface area contributed by atoms with Gasteiger partial charge in [0.1, 0.15) is 24.2 Å². The number of aromatic nitrogens is 3. The Morgan fingerprint density at radius 3 is 2.16 bits per heavy atom. The number of amides is 1. The molecule has 0 saturated carbocycles. The average Bonchev–Trinajstić information content (AvgIpc) is 3.10. The first-order valence-corrected chi connectivity index (χ1v) is 17.2. The molecule has 0 bridgehead atoms. The van der Waals surface area contributed by atoms with Crippen LogP contribution in [0.3, 0.4) is 0 Å². The predicted octanol–water partition coefficient (Wildman–Crippen LogP) is 7.35. The van der Waals surface area contributed by atoms with Crippen LogP contribution in [-0.4, -0.2) is 56.2 Å². The molecule has 5 rings (SSSR count). The fourth-order valence-corrected chi connectivity index (χ4v) is 6.12. The van der Waals surface area contributed by atoms with E-state index in [1.165, 1.54) is 11.1 Å². The summed E-state index contributed by atoms with van der Waals surface area (Å²) < 4.78 is 11.4. The Hall–Kier alpha value is -4.54. The van der Waals surface area contributed by atoms with Crippen molar-refractivity contribution in [2.24, 2.45) is 11.8 Å². The van der Waals surface area contributed by atoms with Gasteiger partial charge in [-0.2, -0.15) is 0 Å². The molecule has 1 aliphatic rings. The lowest BCUT2D eigenvalue weighted by atomic mass is 9.68. The largest absolute Gasteiger partial charge is 0.487 e. The smallest absolute Gasteiger partial charge is 0.410 e. The Bertz CT molecular complexity index is 1620. The van der Waals surface area contributed by atoms with Crippen LogP contribution in [0.25, 0.3) is 11.3 Å². The van der Waals surface area contributed by atoms with Crippen LogP contribution in [0.15, 0.2) is 85.1 Å². The number of rotatable bonds is 12. The summed E-state index contributed by atoms with van der Waals surface area (Å²) >= 11 is 0. The molecule has 2 aromatic carbocycles. The lowest BCUT2D eigenvalue weighted by Gasteiger charge is -2.35. The van der Waals surface area contributed by atoms with Gasteiger partial charge in [-0.1, -0.05) is 63.2 Å². The van der Waals surface area contributed by atoms with Gasteiger partial charge in [-0.05, 0) is 99.4 Å². The third-order valence-electron chi connectivity index (χ3n) is 9.36. The minimum atomic E-state index is -0.766. The summed E-state index contributed by atoms with van der Waals surface area (Å²) in [6.45, 7) is 14.1. The van der Waals surface area contributed by atoms with Gasteiger partial charge in [0, 0.05) is 30.3 Å². The Morgan fingerprint density at radius 2 is 1.59 bits per heavy atom. The van der Waals surface area contributed by atoms with Crippen LogP contribution >= 0.6 is 0 Å². The summed E-state index contributed by atoms with van der Waals surface area (Å²) in [7, 11) is 0. The molecule has 49 heavy (non-hydrogen) atoms. The van der Waals surface area contributed by atoms with E-state index in [9.17, 15) is 9.90 Å².